The summed E-state index contributed by atoms with van der Waals surface area (Å²) in [6.07, 6.45) is 6.51. The molecule has 0 fully saturated rings. The van der Waals surface area contributed by atoms with E-state index in [1.54, 1.807) is 6.08 Å². The van der Waals surface area contributed by atoms with Crippen LogP contribution in [0.5, 0.6) is 0 Å². The molecular formula is C21H23N3O3. The van der Waals surface area contributed by atoms with Crippen molar-refractivity contribution >= 4 is 17.9 Å². The van der Waals surface area contributed by atoms with Crippen molar-refractivity contribution in [3.63, 3.8) is 0 Å². The molecule has 0 aliphatic heterocycles. The largest absolute Gasteiger partial charge is 0.365 e. The number of pyridine rings is 1. The molecule has 27 heavy (non-hydrogen) atoms. The summed E-state index contributed by atoms with van der Waals surface area (Å²) in [5, 5.41) is 2.95. The molecule has 1 aromatic heterocycles. The van der Waals surface area contributed by atoms with Gasteiger partial charge in [0.25, 0.3) is 11.5 Å². The van der Waals surface area contributed by atoms with Crippen molar-refractivity contribution in [3.8, 4) is 0 Å². The van der Waals surface area contributed by atoms with Gasteiger partial charge in [-0.1, -0.05) is 31.2 Å². The number of rotatable bonds is 5. The van der Waals surface area contributed by atoms with Gasteiger partial charge in [-0.2, -0.15) is 0 Å². The Kier molecular flexibility index (Phi) is 5.54. The molecule has 0 radical (unpaired) electrons. The lowest BCUT2D eigenvalue weighted by atomic mass is 9.90. The van der Waals surface area contributed by atoms with Crippen molar-refractivity contribution in [2.75, 3.05) is 0 Å². The molecule has 1 aliphatic rings. The smallest absolute Gasteiger partial charge is 0.261 e. The van der Waals surface area contributed by atoms with Crippen LogP contribution in [0.3, 0.4) is 0 Å². The Labute approximate surface area is 157 Å². The summed E-state index contributed by atoms with van der Waals surface area (Å²) in [4.78, 5) is 38.4. The zero-order valence-electron chi connectivity index (χ0n) is 15.2. The lowest BCUT2D eigenvalue weighted by molar-refractivity contribution is -0.117. The van der Waals surface area contributed by atoms with Gasteiger partial charge in [-0.3, -0.25) is 14.4 Å². The van der Waals surface area contributed by atoms with Crippen LogP contribution in [0.15, 0.2) is 41.2 Å². The number of carbonyl (C=O) groups is 2. The minimum absolute atomic E-state index is 0.0820. The molecule has 1 heterocycles. The molecule has 0 saturated carbocycles. The fourth-order valence-electron chi connectivity index (χ4n) is 3.33. The Morgan fingerprint density at radius 2 is 2.04 bits per heavy atom. The summed E-state index contributed by atoms with van der Waals surface area (Å²) >= 11 is 0. The van der Waals surface area contributed by atoms with E-state index in [4.69, 9.17) is 5.73 Å². The second-order valence-electron chi connectivity index (χ2n) is 6.69. The molecule has 3 rings (SSSR count). The van der Waals surface area contributed by atoms with Gasteiger partial charge in [0.2, 0.25) is 5.91 Å². The topological polar surface area (TPSA) is 105 Å². The Bertz CT molecular complexity index is 942. The summed E-state index contributed by atoms with van der Waals surface area (Å²) in [6.45, 7) is 2.09. The minimum Gasteiger partial charge on any atom is -0.365 e. The zero-order chi connectivity index (χ0) is 19.4. The van der Waals surface area contributed by atoms with Gasteiger partial charge in [0.05, 0.1) is 6.04 Å². The Morgan fingerprint density at radius 3 is 2.70 bits per heavy atom. The van der Waals surface area contributed by atoms with Crippen LogP contribution in [0.1, 0.15) is 58.5 Å². The quantitative estimate of drug-likeness (QED) is 0.708. The van der Waals surface area contributed by atoms with E-state index in [2.05, 4.69) is 17.2 Å². The van der Waals surface area contributed by atoms with Gasteiger partial charge in [0, 0.05) is 11.8 Å². The number of primary amides is 1. The first-order valence-corrected chi connectivity index (χ1v) is 9.11. The van der Waals surface area contributed by atoms with E-state index in [1.165, 1.54) is 17.7 Å². The van der Waals surface area contributed by atoms with Gasteiger partial charge < -0.3 is 16.0 Å². The number of aromatic amines is 1. The highest BCUT2D eigenvalue weighted by atomic mass is 16.2. The molecule has 6 heteroatoms. The van der Waals surface area contributed by atoms with Crippen molar-refractivity contribution in [3.05, 3.63) is 74.7 Å². The third kappa shape index (κ3) is 4.34. The van der Waals surface area contributed by atoms with Gasteiger partial charge in [-0.25, -0.2) is 0 Å². The average molecular weight is 365 g/mol. The summed E-state index contributed by atoms with van der Waals surface area (Å²) in [6, 6.07) is 9.27. The lowest BCUT2D eigenvalue weighted by Gasteiger charge is -2.26. The van der Waals surface area contributed by atoms with Crippen LogP contribution in [0.4, 0.5) is 0 Å². The second kappa shape index (κ2) is 8.03. The van der Waals surface area contributed by atoms with Crippen molar-refractivity contribution in [1.82, 2.24) is 10.3 Å². The van der Waals surface area contributed by atoms with E-state index < -0.39 is 11.5 Å². The highest BCUT2D eigenvalue weighted by Crippen LogP contribution is 2.28. The maximum Gasteiger partial charge on any atom is 0.261 e. The van der Waals surface area contributed by atoms with Crippen LogP contribution in [0.25, 0.3) is 6.08 Å². The van der Waals surface area contributed by atoms with E-state index in [-0.39, 0.29) is 17.5 Å². The number of H-pyrrole nitrogens is 1. The Balaban J connectivity index is 1.75. The standard InChI is InChI=1S/C21H23N3O3/c1-2-13-6-8-14(9-7-13)10-11-19(25)23-17-4-3-5-18-15(17)12-16(20(22)26)21(27)24-18/h6-12,17H,2-5H2,1H3,(H2,22,26)(H,23,25)(H,24,27)/b11-10+. The second-order valence-corrected chi connectivity index (χ2v) is 6.69. The zero-order valence-corrected chi connectivity index (χ0v) is 15.2. The molecule has 0 bridgehead atoms. The average Bonchev–Trinajstić information content (AvgIpc) is 2.66. The van der Waals surface area contributed by atoms with Gasteiger partial charge in [0.15, 0.2) is 0 Å². The number of carbonyl (C=O) groups excluding carboxylic acids is 2. The highest BCUT2D eigenvalue weighted by Gasteiger charge is 2.24. The highest BCUT2D eigenvalue weighted by molar-refractivity contribution is 5.93. The van der Waals surface area contributed by atoms with Crippen LogP contribution in [0, 0.1) is 0 Å². The number of nitrogens with two attached hydrogens (primary N) is 1. The molecule has 140 valence electrons. The number of hydrogen-bond donors (Lipinski definition) is 3. The molecule has 1 aliphatic carbocycles. The summed E-state index contributed by atoms with van der Waals surface area (Å²) in [5.41, 5.74) is 8.40. The summed E-state index contributed by atoms with van der Waals surface area (Å²) < 4.78 is 0. The molecule has 1 atom stereocenters. The fraction of sp³-hybridized carbons (Fsp3) is 0.286. The Hall–Kier alpha value is -3.15. The van der Waals surface area contributed by atoms with Crippen molar-refractivity contribution < 1.29 is 9.59 Å². The number of fused-ring (bicyclic) bond motifs is 1. The number of aromatic nitrogens is 1. The number of benzene rings is 1. The minimum atomic E-state index is -0.773. The van der Waals surface area contributed by atoms with Crippen LogP contribution in [-0.2, 0) is 17.6 Å². The van der Waals surface area contributed by atoms with Gasteiger partial charge in [-0.15, -0.1) is 0 Å². The first kappa shape index (κ1) is 18.6. The molecule has 1 unspecified atom stereocenters. The molecule has 6 nitrogen and oxygen atoms in total. The summed E-state index contributed by atoms with van der Waals surface area (Å²) in [5.74, 6) is -0.996. The van der Waals surface area contributed by atoms with Crippen LogP contribution in [0.2, 0.25) is 0 Å². The summed E-state index contributed by atoms with van der Waals surface area (Å²) in [7, 11) is 0. The van der Waals surface area contributed by atoms with Crippen LogP contribution in [-0.4, -0.2) is 16.8 Å². The third-order valence-corrected chi connectivity index (χ3v) is 4.85. The van der Waals surface area contributed by atoms with E-state index in [1.807, 2.05) is 24.3 Å². The van der Waals surface area contributed by atoms with Crippen LogP contribution < -0.4 is 16.6 Å². The van der Waals surface area contributed by atoms with Gasteiger partial charge in [-0.05, 0) is 54.5 Å². The molecular weight excluding hydrogens is 342 g/mol. The lowest BCUT2D eigenvalue weighted by Crippen LogP contribution is -2.33. The normalized spacial score (nSPS) is 16.1. The predicted molar refractivity (Wildman–Crippen MR) is 104 cm³/mol. The molecule has 2 aromatic rings. The molecule has 0 spiro atoms. The van der Waals surface area contributed by atoms with E-state index >= 15 is 0 Å². The fourth-order valence-corrected chi connectivity index (χ4v) is 3.33. The van der Waals surface area contributed by atoms with Crippen molar-refractivity contribution in [2.24, 2.45) is 5.73 Å². The molecule has 4 N–H and O–H groups in total. The third-order valence-electron chi connectivity index (χ3n) is 4.85. The number of hydrogen-bond acceptors (Lipinski definition) is 3. The van der Waals surface area contributed by atoms with Gasteiger partial charge >= 0.3 is 0 Å². The first-order chi connectivity index (χ1) is 13.0. The maximum absolute atomic E-state index is 12.3. The number of aryl methyl sites for hydroxylation is 2. The monoisotopic (exact) mass is 365 g/mol. The van der Waals surface area contributed by atoms with E-state index in [9.17, 15) is 14.4 Å². The Morgan fingerprint density at radius 1 is 1.30 bits per heavy atom. The van der Waals surface area contributed by atoms with Crippen molar-refractivity contribution in [1.29, 1.82) is 0 Å². The maximum atomic E-state index is 12.3. The molecule has 1 aromatic carbocycles. The van der Waals surface area contributed by atoms with E-state index in [0.29, 0.717) is 6.42 Å². The van der Waals surface area contributed by atoms with Crippen LogP contribution >= 0.6 is 0 Å². The van der Waals surface area contributed by atoms with E-state index in [0.717, 1.165) is 36.1 Å². The SMILES string of the molecule is CCc1ccc(/C=C/C(=O)NC2CCCc3[nH]c(=O)c(C(N)=O)cc32)cc1. The molecule has 0 saturated heterocycles. The van der Waals surface area contributed by atoms with Crippen molar-refractivity contribution in [2.45, 2.75) is 38.6 Å². The first-order valence-electron chi connectivity index (χ1n) is 9.11. The number of nitrogens with one attached hydrogen (secondary N) is 2. The van der Waals surface area contributed by atoms with Gasteiger partial charge in [0.1, 0.15) is 5.56 Å². The predicted octanol–water partition coefficient (Wildman–Crippen LogP) is 2.24. The number of amides is 2. The molecule has 2 amide bonds.